The highest BCUT2D eigenvalue weighted by molar-refractivity contribution is 9.10. The molecule has 0 aliphatic heterocycles. The van der Waals surface area contributed by atoms with Gasteiger partial charge < -0.3 is 0 Å². The Balaban J connectivity index is 2.40. The SMILES string of the molecule is O=S(=O)(Nc1ccncc1Br)c1ccccc1Cl. The first-order valence-corrected chi connectivity index (χ1v) is 7.53. The minimum absolute atomic E-state index is 0.0374. The van der Waals surface area contributed by atoms with Gasteiger partial charge in [0.25, 0.3) is 10.0 Å². The summed E-state index contributed by atoms with van der Waals surface area (Å²) >= 11 is 9.09. The zero-order chi connectivity index (χ0) is 13.2. The lowest BCUT2D eigenvalue weighted by molar-refractivity contribution is 0.601. The van der Waals surface area contributed by atoms with Gasteiger partial charge >= 0.3 is 0 Å². The first-order valence-electron chi connectivity index (χ1n) is 4.87. The van der Waals surface area contributed by atoms with Gasteiger partial charge in [0.1, 0.15) is 4.90 Å². The lowest BCUT2D eigenvalue weighted by Gasteiger charge is -2.10. The standard InChI is InChI=1S/C11H8BrClN2O2S/c12-8-7-14-6-5-10(8)15-18(16,17)11-4-2-1-3-9(11)13/h1-7H,(H,14,15). The van der Waals surface area contributed by atoms with Crippen molar-refractivity contribution < 1.29 is 8.42 Å². The van der Waals surface area contributed by atoms with Gasteiger partial charge in [0.15, 0.2) is 0 Å². The molecule has 2 aromatic rings. The van der Waals surface area contributed by atoms with Gasteiger partial charge in [0.05, 0.1) is 15.2 Å². The summed E-state index contributed by atoms with van der Waals surface area (Å²) < 4.78 is 27.3. The topological polar surface area (TPSA) is 59.1 Å². The number of rotatable bonds is 3. The molecule has 1 aromatic heterocycles. The predicted octanol–water partition coefficient (Wildman–Crippen LogP) is 3.30. The van der Waals surface area contributed by atoms with E-state index >= 15 is 0 Å². The Kier molecular flexibility index (Phi) is 3.89. The van der Waals surface area contributed by atoms with Crippen LogP contribution in [0.1, 0.15) is 0 Å². The van der Waals surface area contributed by atoms with Crippen LogP contribution < -0.4 is 4.72 Å². The van der Waals surface area contributed by atoms with Crippen molar-refractivity contribution in [3.63, 3.8) is 0 Å². The van der Waals surface area contributed by atoms with E-state index in [1.165, 1.54) is 24.5 Å². The molecule has 0 saturated heterocycles. The molecule has 4 nitrogen and oxygen atoms in total. The van der Waals surface area contributed by atoms with E-state index in [0.717, 1.165) is 0 Å². The third-order valence-electron chi connectivity index (χ3n) is 2.14. The Morgan fingerprint density at radius 1 is 1.22 bits per heavy atom. The fourth-order valence-electron chi connectivity index (χ4n) is 1.32. The van der Waals surface area contributed by atoms with Crippen LogP contribution in [0.4, 0.5) is 5.69 Å². The van der Waals surface area contributed by atoms with E-state index < -0.39 is 10.0 Å². The number of nitrogens with zero attached hydrogens (tertiary/aromatic N) is 1. The average Bonchev–Trinajstić information content (AvgIpc) is 2.32. The smallest absolute Gasteiger partial charge is 0.263 e. The number of hydrogen-bond donors (Lipinski definition) is 1. The summed E-state index contributed by atoms with van der Waals surface area (Å²) in [6.45, 7) is 0. The fourth-order valence-corrected chi connectivity index (χ4v) is 3.40. The zero-order valence-corrected chi connectivity index (χ0v) is 12.1. The number of hydrogen-bond acceptors (Lipinski definition) is 3. The van der Waals surface area contributed by atoms with Crippen LogP contribution in [0.15, 0.2) is 52.1 Å². The molecule has 7 heteroatoms. The van der Waals surface area contributed by atoms with Crippen LogP contribution in [0, 0.1) is 0 Å². The molecule has 0 aliphatic rings. The lowest BCUT2D eigenvalue weighted by Crippen LogP contribution is -2.13. The number of anilines is 1. The molecule has 1 N–H and O–H groups in total. The maximum Gasteiger partial charge on any atom is 0.263 e. The Bertz CT molecular complexity index is 676. The lowest BCUT2D eigenvalue weighted by atomic mass is 10.4. The fraction of sp³-hybridized carbons (Fsp3) is 0. The summed E-state index contributed by atoms with van der Waals surface area (Å²) in [5.74, 6) is 0. The molecule has 0 aliphatic carbocycles. The number of aromatic nitrogens is 1. The van der Waals surface area contributed by atoms with E-state index in [9.17, 15) is 8.42 Å². The minimum Gasteiger partial charge on any atom is -0.278 e. The monoisotopic (exact) mass is 346 g/mol. The van der Waals surface area contributed by atoms with Gasteiger partial charge in [-0.15, -0.1) is 0 Å². The Labute approximate surface area is 118 Å². The van der Waals surface area contributed by atoms with Gasteiger partial charge in [-0.1, -0.05) is 23.7 Å². The Hall–Kier alpha value is -1.11. The minimum atomic E-state index is -3.71. The second kappa shape index (κ2) is 5.26. The van der Waals surface area contributed by atoms with Crippen molar-refractivity contribution in [1.29, 1.82) is 0 Å². The van der Waals surface area contributed by atoms with Crippen LogP contribution in [0.3, 0.4) is 0 Å². The molecule has 0 amide bonds. The van der Waals surface area contributed by atoms with Crippen molar-refractivity contribution >= 4 is 43.2 Å². The molecule has 1 aromatic carbocycles. The van der Waals surface area contributed by atoms with Gasteiger partial charge in [-0.25, -0.2) is 8.42 Å². The van der Waals surface area contributed by atoms with Gasteiger partial charge in [-0.3, -0.25) is 9.71 Å². The van der Waals surface area contributed by atoms with E-state index in [4.69, 9.17) is 11.6 Å². The zero-order valence-electron chi connectivity index (χ0n) is 8.97. The normalized spacial score (nSPS) is 11.2. The van der Waals surface area contributed by atoms with E-state index in [0.29, 0.717) is 10.2 Å². The maximum atomic E-state index is 12.1. The van der Waals surface area contributed by atoms with E-state index in [-0.39, 0.29) is 9.92 Å². The molecule has 18 heavy (non-hydrogen) atoms. The molecule has 0 saturated carbocycles. The summed E-state index contributed by atoms with van der Waals surface area (Å²) in [7, 11) is -3.71. The number of sulfonamides is 1. The van der Waals surface area contributed by atoms with Gasteiger partial charge in [-0.05, 0) is 34.1 Å². The Morgan fingerprint density at radius 3 is 2.61 bits per heavy atom. The van der Waals surface area contributed by atoms with Gasteiger partial charge in [-0.2, -0.15) is 0 Å². The van der Waals surface area contributed by atoms with Crippen molar-refractivity contribution in [2.24, 2.45) is 0 Å². The van der Waals surface area contributed by atoms with Gasteiger partial charge in [0.2, 0.25) is 0 Å². The van der Waals surface area contributed by atoms with Crippen molar-refractivity contribution in [1.82, 2.24) is 4.98 Å². The van der Waals surface area contributed by atoms with Crippen LogP contribution in [0.25, 0.3) is 0 Å². The molecule has 0 spiro atoms. The average molecular weight is 348 g/mol. The predicted molar refractivity (Wildman–Crippen MR) is 74.2 cm³/mol. The highest BCUT2D eigenvalue weighted by Crippen LogP contribution is 2.26. The summed E-state index contributed by atoms with van der Waals surface area (Å²) in [6.07, 6.45) is 3.00. The highest BCUT2D eigenvalue weighted by Gasteiger charge is 2.18. The first-order chi connectivity index (χ1) is 8.50. The van der Waals surface area contributed by atoms with Crippen molar-refractivity contribution in [3.8, 4) is 0 Å². The molecule has 0 radical (unpaired) electrons. The summed E-state index contributed by atoms with van der Waals surface area (Å²) in [5, 5.41) is 0.176. The van der Waals surface area contributed by atoms with E-state index in [1.54, 1.807) is 18.2 Å². The molecule has 0 atom stereocenters. The van der Waals surface area contributed by atoms with Crippen molar-refractivity contribution in [3.05, 3.63) is 52.2 Å². The number of pyridine rings is 1. The molecular weight excluding hydrogens is 340 g/mol. The number of halogens is 2. The Morgan fingerprint density at radius 2 is 1.94 bits per heavy atom. The largest absolute Gasteiger partial charge is 0.278 e. The molecule has 1 heterocycles. The van der Waals surface area contributed by atoms with Crippen molar-refractivity contribution in [2.75, 3.05) is 4.72 Å². The molecular formula is C11H8BrClN2O2S. The third-order valence-corrected chi connectivity index (χ3v) is 4.64. The van der Waals surface area contributed by atoms with Crippen LogP contribution in [0.2, 0.25) is 5.02 Å². The second-order valence-electron chi connectivity index (χ2n) is 3.39. The van der Waals surface area contributed by atoms with Crippen LogP contribution in [0.5, 0.6) is 0 Å². The third kappa shape index (κ3) is 2.82. The number of nitrogens with one attached hydrogen (secondary N) is 1. The second-order valence-corrected chi connectivity index (χ2v) is 6.30. The van der Waals surface area contributed by atoms with E-state index in [1.807, 2.05) is 0 Å². The van der Waals surface area contributed by atoms with Crippen LogP contribution >= 0.6 is 27.5 Å². The highest BCUT2D eigenvalue weighted by atomic mass is 79.9. The summed E-state index contributed by atoms with van der Waals surface area (Å²) in [5.41, 5.74) is 0.407. The first kappa shape index (κ1) is 13.3. The number of benzene rings is 1. The van der Waals surface area contributed by atoms with Crippen LogP contribution in [-0.2, 0) is 10.0 Å². The van der Waals surface area contributed by atoms with Crippen molar-refractivity contribution in [2.45, 2.75) is 4.90 Å². The summed E-state index contributed by atoms with van der Waals surface area (Å²) in [6, 6.07) is 7.81. The molecule has 0 bridgehead atoms. The summed E-state index contributed by atoms with van der Waals surface area (Å²) in [4.78, 5) is 3.89. The quantitative estimate of drug-likeness (QED) is 0.927. The molecule has 94 valence electrons. The molecule has 0 fully saturated rings. The molecule has 0 unspecified atom stereocenters. The molecule has 2 rings (SSSR count). The van der Waals surface area contributed by atoms with E-state index in [2.05, 4.69) is 25.6 Å². The van der Waals surface area contributed by atoms with Crippen LogP contribution in [-0.4, -0.2) is 13.4 Å². The maximum absolute atomic E-state index is 12.1. The van der Waals surface area contributed by atoms with Gasteiger partial charge in [0, 0.05) is 12.4 Å².